The Balaban J connectivity index is 1.83. The summed E-state index contributed by atoms with van der Waals surface area (Å²) in [5, 5.41) is 0. The molecule has 0 saturated carbocycles. The van der Waals surface area contributed by atoms with Gasteiger partial charge in [0.25, 0.3) is 0 Å². The summed E-state index contributed by atoms with van der Waals surface area (Å²) in [5.74, 6) is 1.32. The number of ether oxygens (including phenoxy) is 1. The Morgan fingerprint density at radius 2 is 2.05 bits per heavy atom. The minimum atomic E-state index is 0.168. The van der Waals surface area contributed by atoms with Gasteiger partial charge in [0.2, 0.25) is 0 Å². The number of aryl methyl sites for hydroxylation is 2. The molecule has 108 valence electrons. The average Bonchev–Trinajstić information content (AvgIpc) is 2.47. The topological polar surface area (TPSA) is 39.2 Å². The molecule has 1 aromatic heterocycles. The highest BCUT2D eigenvalue weighted by molar-refractivity contribution is 5.97. The normalized spacial score (nSPS) is 17.0. The van der Waals surface area contributed by atoms with Crippen LogP contribution in [0.15, 0.2) is 36.4 Å². The highest BCUT2D eigenvalue weighted by Crippen LogP contribution is 2.36. The van der Waals surface area contributed by atoms with Gasteiger partial charge in [-0.2, -0.15) is 0 Å². The van der Waals surface area contributed by atoms with Gasteiger partial charge < -0.3 is 4.74 Å². The quantitative estimate of drug-likeness (QED) is 0.802. The van der Waals surface area contributed by atoms with Gasteiger partial charge in [-0.25, -0.2) is 0 Å². The number of fused-ring (bicyclic) bond motifs is 1. The molecule has 0 fully saturated rings. The van der Waals surface area contributed by atoms with Crippen molar-refractivity contribution in [1.82, 2.24) is 4.98 Å². The smallest absolute Gasteiger partial charge is 0.165 e. The van der Waals surface area contributed by atoms with E-state index in [1.807, 2.05) is 44.2 Å². The highest BCUT2D eigenvalue weighted by Gasteiger charge is 2.24. The maximum absolute atomic E-state index is 12.6. The van der Waals surface area contributed by atoms with Gasteiger partial charge >= 0.3 is 0 Å². The lowest BCUT2D eigenvalue weighted by atomic mass is 9.87. The molecule has 3 heteroatoms. The lowest BCUT2D eigenvalue weighted by molar-refractivity contribution is 0.0965. The molecule has 1 atom stereocenters. The summed E-state index contributed by atoms with van der Waals surface area (Å²) in [5.41, 5.74) is 3.65. The van der Waals surface area contributed by atoms with Crippen LogP contribution in [0.2, 0.25) is 0 Å². The summed E-state index contributed by atoms with van der Waals surface area (Å²) in [6, 6.07) is 11.8. The molecule has 0 aliphatic carbocycles. The summed E-state index contributed by atoms with van der Waals surface area (Å²) in [7, 11) is 0. The number of para-hydroxylation sites is 1. The van der Waals surface area contributed by atoms with Crippen LogP contribution < -0.4 is 4.74 Å². The molecule has 1 unspecified atom stereocenters. The van der Waals surface area contributed by atoms with Crippen molar-refractivity contribution in [2.45, 2.75) is 32.6 Å². The number of carbonyl (C=O) groups is 1. The number of benzene rings is 1. The zero-order valence-electron chi connectivity index (χ0n) is 12.4. The first-order chi connectivity index (χ1) is 10.1. The number of hydrogen-bond acceptors (Lipinski definition) is 3. The fourth-order valence-electron chi connectivity index (χ4n) is 2.94. The van der Waals surface area contributed by atoms with Crippen molar-refractivity contribution in [3.63, 3.8) is 0 Å². The number of hydrogen-bond donors (Lipinski definition) is 0. The van der Waals surface area contributed by atoms with Crippen LogP contribution in [-0.2, 0) is 0 Å². The van der Waals surface area contributed by atoms with E-state index in [0.717, 1.165) is 34.7 Å². The molecule has 0 spiro atoms. The standard InChI is InChI=1S/C18H19NO2/c1-12-7-8-15(13(2)19-12)17(20)11-14-9-10-21-18-6-4-3-5-16(14)18/h3-8,14H,9-11H2,1-2H3. The fraction of sp³-hybridized carbons (Fsp3) is 0.333. The molecular weight excluding hydrogens is 262 g/mol. The van der Waals surface area contributed by atoms with Gasteiger partial charge in [-0.15, -0.1) is 0 Å². The van der Waals surface area contributed by atoms with Crippen LogP contribution in [0.1, 0.15) is 46.1 Å². The van der Waals surface area contributed by atoms with Crippen LogP contribution in [0.3, 0.4) is 0 Å². The van der Waals surface area contributed by atoms with E-state index in [0.29, 0.717) is 13.0 Å². The summed E-state index contributed by atoms with van der Waals surface area (Å²) in [6.45, 7) is 4.52. The molecule has 0 radical (unpaired) electrons. The summed E-state index contributed by atoms with van der Waals surface area (Å²) >= 11 is 0. The largest absolute Gasteiger partial charge is 0.493 e. The number of carbonyl (C=O) groups excluding carboxylic acids is 1. The molecule has 21 heavy (non-hydrogen) atoms. The molecule has 2 aromatic rings. The van der Waals surface area contributed by atoms with Crippen LogP contribution in [0.4, 0.5) is 0 Å². The third kappa shape index (κ3) is 2.82. The van der Waals surface area contributed by atoms with Crippen molar-refractivity contribution >= 4 is 5.78 Å². The number of rotatable bonds is 3. The molecule has 2 heterocycles. The zero-order chi connectivity index (χ0) is 14.8. The molecule has 3 rings (SSSR count). The Morgan fingerprint density at radius 1 is 1.24 bits per heavy atom. The fourth-order valence-corrected chi connectivity index (χ4v) is 2.94. The van der Waals surface area contributed by atoms with Crippen molar-refractivity contribution < 1.29 is 9.53 Å². The van der Waals surface area contributed by atoms with Crippen molar-refractivity contribution in [1.29, 1.82) is 0 Å². The first-order valence-electron chi connectivity index (χ1n) is 7.34. The van der Waals surface area contributed by atoms with Crippen LogP contribution in [0.25, 0.3) is 0 Å². The molecule has 0 saturated heterocycles. The second-order valence-electron chi connectivity index (χ2n) is 5.58. The average molecular weight is 281 g/mol. The number of ketones is 1. The molecule has 0 N–H and O–H groups in total. The first kappa shape index (κ1) is 13.8. The lowest BCUT2D eigenvalue weighted by Crippen LogP contribution is -2.17. The predicted octanol–water partition coefficient (Wildman–Crippen LogP) is 3.84. The molecular formula is C18H19NO2. The SMILES string of the molecule is Cc1ccc(C(=O)CC2CCOc3ccccc32)c(C)n1. The van der Waals surface area contributed by atoms with E-state index in [4.69, 9.17) is 4.74 Å². The minimum Gasteiger partial charge on any atom is -0.493 e. The molecule has 3 nitrogen and oxygen atoms in total. The summed E-state index contributed by atoms with van der Waals surface area (Å²) < 4.78 is 5.66. The number of Topliss-reactive ketones (excluding diaryl/α,β-unsaturated/α-hetero) is 1. The van der Waals surface area contributed by atoms with Gasteiger partial charge in [0.1, 0.15) is 5.75 Å². The Labute approximate surface area is 125 Å². The van der Waals surface area contributed by atoms with Gasteiger partial charge in [0, 0.05) is 23.4 Å². The van der Waals surface area contributed by atoms with Crippen LogP contribution in [0, 0.1) is 13.8 Å². The maximum atomic E-state index is 12.6. The third-order valence-electron chi connectivity index (χ3n) is 4.04. The van der Waals surface area contributed by atoms with Crippen molar-refractivity contribution in [3.8, 4) is 5.75 Å². The van der Waals surface area contributed by atoms with Gasteiger partial charge in [0.05, 0.1) is 6.61 Å². The Hall–Kier alpha value is -2.16. The molecule has 1 aliphatic heterocycles. The lowest BCUT2D eigenvalue weighted by Gasteiger charge is -2.25. The zero-order valence-corrected chi connectivity index (χ0v) is 12.4. The molecule has 0 amide bonds. The van der Waals surface area contributed by atoms with E-state index >= 15 is 0 Å². The van der Waals surface area contributed by atoms with E-state index < -0.39 is 0 Å². The van der Waals surface area contributed by atoms with E-state index in [1.165, 1.54) is 0 Å². The van der Waals surface area contributed by atoms with Gasteiger partial charge in [-0.1, -0.05) is 18.2 Å². The summed E-state index contributed by atoms with van der Waals surface area (Å²) in [4.78, 5) is 17.0. The Morgan fingerprint density at radius 3 is 2.86 bits per heavy atom. The first-order valence-corrected chi connectivity index (χ1v) is 7.34. The Bertz CT molecular complexity index is 679. The van der Waals surface area contributed by atoms with Gasteiger partial charge in [-0.3, -0.25) is 9.78 Å². The predicted molar refractivity (Wildman–Crippen MR) is 82.0 cm³/mol. The van der Waals surface area contributed by atoms with Crippen molar-refractivity contribution in [2.75, 3.05) is 6.61 Å². The van der Waals surface area contributed by atoms with Crippen molar-refractivity contribution in [2.24, 2.45) is 0 Å². The number of aromatic nitrogens is 1. The minimum absolute atomic E-state index is 0.168. The second kappa shape index (κ2) is 5.68. The van der Waals surface area contributed by atoms with E-state index in [9.17, 15) is 4.79 Å². The highest BCUT2D eigenvalue weighted by atomic mass is 16.5. The number of nitrogens with zero attached hydrogens (tertiary/aromatic N) is 1. The Kier molecular flexibility index (Phi) is 3.74. The van der Waals surface area contributed by atoms with Gasteiger partial charge in [-0.05, 0) is 49.9 Å². The second-order valence-corrected chi connectivity index (χ2v) is 5.58. The number of pyridine rings is 1. The van der Waals surface area contributed by atoms with E-state index in [2.05, 4.69) is 11.1 Å². The molecule has 0 bridgehead atoms. The molecule has 1 aromatic carbocycles. The monoisotopic (exact) mass is 281 g/mol. The van der Waals surface area contributed by atoms with Crippen LogP contribution >= 0.6 is 0 Å². The van der Waals surface area contributed by atoms with Gasteiger partial charge in [0.15, 0.2) is 5.78 Å². The molecule has 1 aliphatic rings. The van der Waals surface area contributed by atoms with Crippen LogP contribution in [-0.4, -0.2) is 17.4 Å². The van der Waals surface area contributed by atoms with Crippen molar-refractivity contribution in [3.05, 3.63) is 58.9 Å². The third-order valence-corrected chi connectivity index (χ3v) is 4.04. The maximum Gasteiger partial charge on any atom is 0.165 e. The van der Waals surface area contributed by atoms with Crippen LogP contribution in [0.5, 0.6) is 5.75 Å². The summed E-state index contributed by atoms with van der Waals surface area (Å²) in [6.07, 6.45) is 1.41. The van der Waals surface area contributed by atoms with E-state index in [-0.39, 0.29) is 11.7 Å². The van der Waals surface area contributed by atoms with E-state index in [1.54, 1.807) is 0 Å².